The number of rotatable bonds is 24. The van der Waals surface area contributed by atoms with Crippen molar-refractivity contribution in [3.63, 3.8) is 0 Å². The fourth-order valence-corrected chi connectivity index (χ4v) is 7.63. The molecule has 0 spiro atoms. The summed E-state index contributed by atoms with van der Waals surface area (Å²) in [5.41, 5.74) is -0.662. The van der Waals surface area contributed by atoms with Gasteiger partial charge in [0.1, 0.15) is 0 Å². The molecule has 0 saturated heterocycles. The molecule has 362 valence electrons. The van der Waals surface area contributed by atoms with Crippen LogP contribution in [0, 0.1) is 58.2 Å². The number of hydrogen-bond acceptors (Lipinski definition) is 11. The second kappa shape index (κ2) is 26.6. The number of halogens is 10. The average molecular weight is 1000 g/mol. The van der Waals surface area contributed by atoms with Crippen LogP contribution in [0.1, 0.15) is 40.1 Å². The molecule has 2 heterocycles. The van der Waals surface area contributed by atoms with Crippen molar-refractivity contribution in [2.24, 2.45) is 30.0 Å². The molecule has 0 fully saturated rings. The first-order valence-electron chi connectivity index (χ1n) is 21.0. The molecule has 6 rings (SSSR count). The lowest BCUT2D eigenvalue weighted by atomic mass is 10.2. The Bertz CT molecular complexity index is 2690. The topological polar surface area (TPSA) is 102 Å². The zero-order valence-corrected chi connectivity index (χ0v) is 37.8. The van der Waals surface area contributed by atoms with Gasteiger partial charge in [0.25, 0.3) is 0 Å². The van der Waals surface area contributed by atoms with Gasteiger partial charge >= 0.3 is 0 Å². The quantitative estimate of drug-likeness (QED) is 0.0202. The number of aliphatic imine (C=N–C) groups is 6. The second-order valence-electron chi connectivity index (χ2n) is 14.4. The highest BCUT2D eigenvalue weighted by molar-refractivity contribution is 8.05. The molecule has 69 heavy (non-hydrogen) atoms. The van der Waals surface area contributed by atoms with Crippen LogP contribution in [0.4, 0.5) is 66.7 Å². The number of hydrogen-bond donors (Lipinski definition) is 0. The molecule has 0 bridgehead atoms. The normalized spacial score (nSPS) is 14.5. The molecular formula is C48H40F10N6O3S2. The van der Waals surface area contributed by atoms with Gasteiger partial charge in [-0.25, -0.2) is 43.9 Å². The van der Waals surface area contributed by atoms with Crippen LogP contribution in [0.5, 0.6) is 0 Å². The number of allylic oxidation sites excluding steroid dienone is 2. The highest BCUT2D eigenvalue weighted by atomic mass is 32.2. The van der Waals surface area contributed by atoms with Crippen molar-refractivity contribution in [1.82, 2.24) is 0 Å². The molecule has 0 saturated carbocycles. The summed E-state index contributed by atoms with van der Waals surface area (Å²) in [5, 5.41) is 0.102. The summed E-state index contributed by atoms with van der Waals surface area (Å²) in [4.78, 5) is 28.2. The van der Waals surface area contributed by atoms with Crippen LogP contribution in [-0.2, 0) is 14.2 Å². The zero-order chi connectivity index (χ0) is 49.1. The SMILES string of the molecule is Fc1c(F)c(F)c(C=Nc2ccc(N=Cc3ccc(C=NCCCOCCOCCOCCCN=CC4=CCC(C=Nc5ccc(N=Cc6c(F)c(F)c(F)c(F)c6F)cc5)S4)s3)cc2)c(F)c1F. The van der Waals surface area contributed by atoms with Crippen molar-refractivity contribution in [2.75, 3.05) is 52.7 Å². The van der Waals surface area contributed by atoms with Gasteiger partial charge < -0.3 is 14.2 Å². The third kappa shape index (κ3) is 15.4. The number of thioether (sulfide) groups is 1. The standard InChI is InChI=1S/C48H40F10N6O3S2/c49-39-37(40(50)44(54)47(57)43(39)53)27-63-31-7-3-29(4-8-31)61-25-35-13-11-33(68-35)23-59-15-1-17-65-19-21-67-22-20-66-18-2-16-60-24-34-12-14-36(69-34)26-62-30-5-9-32(10-6-30)64-28-38-41(51)45(55)48(58)46(56)42(38)52/h3-13,23-28,36H,1-2,14-22H2. The molecule has 0 aliphatic carbocycles. The molecule has 21 heteroatoms. The van der Waals surface area contributed by atoms with E-state index in [9.17, 15) is 43.9 Å². The van der Waals surface area contributed by atoms with Crippen molar-refractivity contribution >= 4 is 83.1 Å². The molecule has 0 radical (unpaired) electrons. The molecule has 1 aliphatic heterocycles. The Balaban J connectivity index is 0.745. The minimum atomic E-state index is -2.23. The molecule has 0 amide bonds. The molecule has 1 aliphatic rings. The summed E-state index contributed by atoms with van der Waals surface area (Å²) in [7, 11) is 0. The first-order valence-corrected chi connectivity index (χ1v) is 22.7. The van der Waals surface area contributed by atoms with Gasteiger partial charge in [-0.3, -0.25) is 30.0 Å². The van der Waals surface area contributed by atoms with Gasteiger partial charge in [0.2, 0.25) is 11.6 Å². The molecule has 9 nitrogen and oxygen atoms in total. The molecule has 5 aromatic rings. The lowest BCUT2D eigenvalue weighted by molar-refractivity contribution is 0.0143. The van der Waals surface area contributed by atoms with E-state index < -0.39 is 69.3 Å². The van der Waals surface area contributed by atoms with Crippen molar-refractivity contribution in [1.29, 1.82) is 0 Å². The molecule has 1 aromatic heterocycles. The summed E-state index contributed by atoms with van der Waals surface area (Å²) in [6.45, 7) is 4.07. The van der Waals surface area contributed by atoms with Crippen molar-refractivity contribution in [3.05, 3.63) is 151 Å². The van der Waals surface area contributed by atoms with Crippen molar-refractivity contribution < 1.29 is 58.1 Å². The van der Waals surface area contributed by atoms with E-state index in [1.807, 2.05) is 18.3 Å². The van der Waals surface area contributed by atoms with E-state index in [0.717, 1.165) is 33.9 Å². The maximum absolute atomic E-state index is 13.9. The van der Waals surface area contributed by atoms with Crippen LogP contribution in [-0.4, -0.2) is 95.3 Å². The monoisotopic (exact) mass is 1000 g/mol. The van der Waals surface area contributed by atoms with Crippen molar-refractivity contribution in [3.8, 4) is 0 Å². The highest BCUT2D eigenvalue weighted by Crippen LogP contribution is 2.31. The lowest BCUT2D eigenvalue weighted by Gasteiger charge is -2.06. The molecule has 1 unspecified atom stereocenters. The molecular weight excluding hydrogens is 963 g/mol. The smallest absolute Gasteiger partial charge is 0.200 e. The summed E-state index contributed by atoms with van der Waals surface area (Å²) in [6.07, 6.45) is 12.6. The number of ether oxygens (including phenoxy) is 3. The lowest BCUT2D eigenvalue weighted by Crippen LogP contribution is -2.10. The number of thiophene rings is 1. The van der Waals surface area contributed by atoms with E-state index in [1.54, 1.807) is 54.7 Å². The predicted octanol–water partition coefficient (Wildman–Crippen LogP) is 12.5. The van der Waals surface area contributed by atoms with Crippen LogP contribution in [0.3, 0.4) is 0 Å². The van der Waals surface area contributed by atoms with E-state index in [1.165, 1.54) is 35.6 Å². The number of benzene rings is 4. The second-order valence-corrected chi connectivity index (χ2v) is 16.9. The van der Waals surface area contributed by atoms with Crippen LogP contribution < -0.4 is 0 Å². The minimum absolute atomic E-state index is 0.102. The van der Waals surface area contributed by atoms with E-state index in [2.05, 4.69) is 36.0 Å². The molecule has 1 atom stereocenters. The van der Waals surface area contributed by atoms with Gasteiger partial charge in [0.15, 0.2) is 46.5 Å². The largest absolute Gasteiger partial charge is 0.379 e. The summed E-state index contributed by atoms with van der Waals surface area (Å²) in [5.74, 6) is -20.5. The maximum Gasteiger partial charge on any atom is 0.200 e. The van der Waals surface area contributed by atoms with Gasteiger partial charge in [-0.1, -0.05) is 6.08 Å². The van der Waals surface area contributed by atoms with E-state index >= 15 is 0 Å². The van der Waals surface area contributed by atoms with Gasteiger partial charge in [0, 0.05) is 83.5 Å². The number of nitrogens with zero attached hydrogens (tertiary/aromatic N) is 6. The minimum Gasteiger partial charge on any atom is -0.379 e. The summed E-state index contributed by atoms with van der Waals surface area (Å²) >= 11 is 3.10. The third-order valence-electron chi connectivity index (χ3n) is 9.42. The average Bonchev–Trinajstić information content (AvgIpc) is 4.03. The van der Waals surface area contributed by atoms with Crippen LogP contribution in [0.2, 0.25) is 0 Å². The van der Waals surface area contributed by atoms with Crippen molar-refractivity contribution in [2.45, 2.75) is 24.5 Å². The Labute approximate surface area is 397 Å². The van der Waals surface area contributed by atoms with Crippen LogP contribution in [0.25, 0.3) is 0 Å². The molecule has 4 aromatic carbocycles. The predicted molar refractivity (Wildman–Crippen MR) is 251 cm³/mol. The van der Waals surface area contributed by atoms with Crippen LogP contribution >= 0.6 is 23.1 Å². The van der Waals surface area contributed by atoms with Gasteiger partial charge in [-0.15, -0.1) is 23.1 Å². The molecule has 0 N–H and O–H groups in total. The zero-order valence-electron chi connectivity index (χ0n) is 36.2. The van der Waals surface area contributed by atoms with Gasteiger partial charge in [-0.2, -0.15) is 0 Å². The maximum atomic E-state index is 13.9. The van der Waals surface area contributed by atoms with E-state index in [0.29, 0.717) is 76.5 Å². The summed E-state index contributed by atoms with van der Waals surface area (Å²) < 4.78 is 153. The van der Waals surface area contributed by atoms with Gasteiger partial charge in [-0.05, 0) is 79.9 Å². The Kier molecular flexibility index (Phi) is 20.1. The Morgan fingerprint density at radius 1 is 0.435 bits per heavy atom. The highest BCUT2D eigenvalue weighted by Gasteiger charge is 2.26. The Morgan fingerprint density at radius 2 is 0.812 bits per heavy atom. The van der Waals surface area contributed by atoms with E-state index in [4.69, 9.17) is 14.2 Å². The van der Waals surface area contributed by atoms with E-state index in [-0.39, 0.29) is 16.6 Å². The summed E-state index contributed by atoms with van der Waals surface area (Å²) in [6, 6.07) is 16.2. The fraction of sp³-hybridized carbons (Fsp3) is 0.250. The third-order valence-corrected chi connectivity index (χ3v) is 11.5. The van der Waals surface area contributed by atoms with Crippen LogP contribution in [0.15, 0.2) is 102 Å². The first kappa shape index (κ1) is 52.2. The fourth-order valence-electron chi connectivity index (χ4n) is 5.86. The van der Waals surface area contributed by atoms with Gasteiger partial charge in [0.05, 0.1) is 60.3 Å². The Morgan fingerprint density at radius 3 is 1.28 bits per heavy atom. The first-order chi connectivity index (χ1) is 33.4. The Hall–Kier alpha value is -6.13.